The minimum absolute atomic E-state index is 0.00243. The van der Waals surface area contributed by atoms with Crippen molar-refractivity contribution in [3.63, 3.8) is 0 Å². The second kappa shape index (κ2) is 3.40. The van der Waals surface area contributed by atoms with Crippen LogP contribution >= 0.6 is 0 Å². The molecule has 1 N–H and O–H groups in total. The molecule has 0 spiro atoms. The summed E-state index contributed by atoms with van der Waals surface area (Å²) in [5, 5.41) is 8.89. The Hall–Kier alpha value is -1.26. The maximum Gasteiger partial charge on any atom is 0.407 e. The van der Waals surface area contributed by atoms with E-state index in [0.717, 1.165) is 6.42 Å². The van der Waals surface area contributed by atoms with Crippen molar-refractivity contribution >= 4 is 12.0 Å². The van der Waals surface area contributed by atoms with E-state index >= 15 is 0 Å². The first-order valence-electron chi connectivity index (χ1n) is 5.30. The van der Waals surface area contributed by atoms with Crippen molar-refractivity contribution < 1.29 is 14.7 Å². The topological polar surface area (TPSA) is 60.9 Å². The van der Waals surface area contributed by atoms with Gasteiger partial charge in [0.25, 0.3) is 0 Å². The zero-order chi connectivity index (χ0) is 11.2. The highest BCUT2D eigenvalue weighted by Gasteiger charge is 2.47. The minimum atomic E-state index is -0.862. The highest BCUT2D eigenvalue weighted by molar-refractivity contribution is 5.79. The molecule has 5 nitrogen and oxygen atoms in total. The lowest BCUT2D eigenvalue weighted by molar-refractivity contribution is -0.136. The van der Waals surface area contributed by atoms with Gasteiger partial charge in [0.15, 0.2) is 0 Å². The number of piperazine rings is 1. The van der Waals surface area contributed by atoms with Gasteiger partial charge in [-0.15, -0.1) is 0 Å². The second-order valence-corrected chi connectivity index (χ2v) is 4.62. The first-order valence-corrected chi connectivity index (χ1v) is 5.30. The van der Waals surface area contributed by atoms with Gasteiger partial charge in [0.2, 0.25) is 5.91 Å². The molecule has 15 heavy (non-hydrogen) atoms. The summed E-state index contributed by atoms with van der Waals surface area (Å²) in [6, 6.07) is 0.135. The molecule has 2 saturated heterocycles. The monoisotopic (exact) mass is 212 g/mol. The molecule has 84 valence electrons. The SMILES string of the molecule is CC(C)C(=O)N1C[C@@H]2C[C@H]1CN2C(=O)O. The number of hydrogen-bond acceptors (Lipinski definition) is 2. The van der Waals surface area contributed by atoms with Gasteiger partial charge in [-0.05, 0) is 6.42 Å². The van der Waals surface area contributed by atoms with Crippen LogP contribution in [0.25, 0.3) is 0 Å². The van der Waals surface area contributed by atoms with E-state index < -0.39 is 6.09 Å². The lowest BCUT2D eigenvalue weighted by Gasteiger charge is -2.33. The highest BCUT2D eigenvalue weighted by atomic mass is 16.4. The summed E-state index contributed by atoms with van der Waals surface area (Å²) in [5.41, 5.74) is 0. The number of rotatable bonds is 1. The third-order valence-electron chi connectivity index (χ3n) is 3.26. The average Bonchev–Trinajstić information content (AvgIpc) is 2.74. The van der Waals surface area contributed by atoms with Crippen LogP contribution in [0.3, 0.4) is 0 Å². The number of likely N-dealkylation sites (tertiary alicyclic amines) is 2. The van der Waals surface area contributed by atoms with Crippen LogP contribution in [0.2, 0.25) is 0 Å². The van der Waals surface area contributed by atoms with Gasteiger partial charge in [0.05, 0.1) is 12.1 Å². The zero-order valence-corrected chi connectivity index (χ0v) is 9.01. The fourth-order valence-electron chi connectivity index (χ4n) is 2.50. The van der Waals surface area contributed by atoms with Gasteiger partial charge in [-0.1, -0.05) is 13.8 Å². The molecular formula is C10H16N2O3. The third kappa shape index (κ3) is 1.56. The summed E-state index contributed by atoms with van der Waals surface area (Å²) in [4.78, 5) is 25.9. The first-order chi connectivity index (χ1) is 7.00. The summed E-state index contributed by atoms with van der Waals surface area (Å²) in [6.07, 6.45) is -0.0516. The van der Waals surface area contributed by atoms with Gasteiger partial charge in [-0.3, -0.25) is 4.79 Å². The standard InChI is InChI=1S/C10H16N2O3/c1-6(2)9(13)11-4-8-3-7(11)5-12(8)10(14)15/h6-8H,3-5H2,1-2H3,(H,14,15)/t7-,8-/m0/s1. The Morgan fingerprint density at radius 3 is 2.13 bits per heavy atom. The fourth-order valence-corrected chi connectivity index (χ4v) is 2.50. The summed E-state index contributed by atoms with van der Waals surface area (Å²) in [7, 11) is 0. The van der Waals surface area contributed by atoms with Crippen LogP contribution in [0.5, 0.6) is 0 Å². The van der Waals surface area contributed by atoms with Crippen molar-refractivity contribution in [3.05, 3.63) is 0 Å². The van der Waals surface area contributed by atoms with Crippen molar-refractivity contribution in [1.82, 2.24) is 9.80 Å². The molecule has 5 heteroatoms. The van der Waals surface area contributed by atoms with E-state index in [-0.39, 0.29) is 23.9 Å². The Labute approximate surface area is 88.6 Å². The zero-order valence-electron chi connectivity index (χ0n) is 9.01. The van der Waals surface area contributed by atoms with Gasteiger partial charge >= 0.3 is 6.09 Å². The largest absolute Gasteiger partial charge is 0.465 e. The van der Waals surface area contributed by atoms with Crippen molar-refractivity contribution in [2.45, 2.75) is 32.4 Å². The van der Waals surface area contributed by atoms with E-state index in [2.05, 4.69) is 0 Å². The molecule has 2 amide bonds. The summed E-state index contributed by atoms with van der Waals surface area (Å²) < 4.78 is 0. The van der Waals surface area contributed by atoms with Crippen LogP contribution < -0.4 is 0 Å². The number of carbonyl (C=O) groups is 2. The van der Waals surface area contributed by atoms with Crippen molar-refractivity contribution in [2.24, 2.45) is 5.92 Å². The molecule has 0 unspecified atom stereocenters. The van der Waals surface area contributed by atoms with Gasteiger partial charge < -0.3 is 14.9 Å². The Balaban J connectivity index is 2.03. The molecule has 2 atom stereocenters. The molecule has 0 aromatic rings. The molecule has 2 heterocycles. The van der Waals surface area contributed by atoms with Crippen LogP contribution in [0.15, 0.2) is 0 Å². The lowest BCUT2D eigenvalue weighted by atomic mass is 10.1. The average molecular weight is 212 g/mol. The quantitative estimate of drug-likeness (QED) is 0.692. The first kappa shape index (κ1) is 10.3. The molecule has 0 aliphatic carbocycles. The van der Waals surface area contributed by atoms with Crippen LogP contribution in [-0.2, 0) is 4.79 Å². The van der Waals surface area contributed by atoms with Crippen molar-refractivity contribution in [2.75, 3.05) is 13.1 Å². The number of fused-ring (bicyclic) bond motifs is 2. The number of carboxylic acid groups (broad SMARTS) is 1. The summed E-state index contributed by atoms with van der Waals surface area (Å²) in [5.74, 6) is 0.148. The number of nitrogens with zero attached hydrogens (tertiary/aromatic N) is 2. The van der Waals surface area contributed by atoms with E-state index in [1.54, 1.807) is 0 Å². The fraction of sp³-hybridized carbons (Fsp3) is 0.800. The molecule has 2 aliphatic heterocycles. The van der Waals surface area contributed by atoms with Gasteiger partial charge in [0.1, 0.15) is 0 Å². The van der Waals surface area contributed by atoms with Gasteiger partial charge in [-0.25, -0.2) is 4.79 Å². The molecule has 0 aromatic carbocycles. The maximum absolute atomic E-state index is 11.8. The predicted octanol–water partition coefficient (Wildman–Crippen LogP) is 0.606. The Kier molecular flexibility index (Phi) is 2.32. The molecule has 2 fully saturated rings. The molecule has 0 aromatic heterocycles. The van der Waals surface area contributed by atoms with Crippen LogP contribution in [-0.4, -0.2) is 52.1 Å². The van der Waals surface area contributed by atoms with Crippen LogP contribution in [0.4, 0.5) is 4.79 Å². The summed E-state index contributed by atoms with van der Waals surface area (Å²) >= 11 is 0. The van der Waals surface area contributed by atoms with E-state index in [9.17, 15) is 9.59 Å². The smallest absolute Gasteiger partial charge is 0.407 e. The second-order valence-electron chi connectivity index (χ2n) is 4.62. The molecule has 0 saturated carbocycles. The van der Waals surface area contributed by atoms with Crippen molar-refractivity contribution in [1.29, 1.82) is 0 Å². The Bertz CT molecular complexity index is 303. The van der Waals surface area contributed by atoms with E-state index in [0.29, 0.717) is 13.1 Å². The highest BCUT2D eigenvalue weighted by Crippen LogP contribution is 2.31. The Morgan fingerprint density at radius 2 is 1.73 bits per heavy atom. The molecule has 2 rings (SSSR count). The lowest BCUT2D eigenvalue weighted by Crippen LogP contribution is -2.51. The van der Waals surface area contributed by atoms with Gasteiger partial charge in [0, 0.05) is 19.0 Å². The minimum Gasteiger partial charge on any atom is -0.465 e. The third-order valence-corrected chi connectivity index (χ3v) is 3.26. The normalized spacial score (nSPS) is 29.0. The van der Waals surface area contributed by atoms with E-state index in [4.69, 9.17) is 5.11 Å². The summed E-state index contributed by atoms with van der Waals surface area (Å²) in [6.45, 7) is 4.82. The van der Waals surface area contributed by atoms with Crippen LogP contribution in [0, 0.1) is 5.92 Å². The molecule has 0 radical (unpaired) electrons. The molecule has 2 aliphatic rings. The van der Waals surface area contributed by atoms with Crippen LogP contribution in [0.1, 0.15) is 20.3 Å². The molecule has 2 bridgehead atoms. The van der Waals surface area contributed by atoms with Crippen molar-refractivity contribution in [3.8, 4) is 0 Å². The number of amides is 2. The van der Waals surface area contributed by atoms with Gasteiger partial charge in [-0.2, -0.15) is 0 Å². The molecular weight excluding hydrogens is 196 g/mol. The van der Waals surface area contributed by atoms with E-state index in [1.807, 2.05) is 18.7 Å². The Morgan fingerprint density at radius 1 is 1.20 bits per heavy atom. The predicted molar refractivity (Wildman–Crippen MR) is 53.5 cm³/mol. The number of hydrogen-bond donors (Lipinski definition) is 1. The van der Waals surface area contributed by atoms with E-state index in [1.165, 1.54) is 4.90 Å². The number of carbonyl (C=O) groups excluding carboxylic acids is 1. The maximum atomic E-state index is 11.8.